The number of nitrogens with one attached hydrogen (secondary N) is 1. The molecule has 7 heteroatoms. The molecule has 0 fully saturated rings. The van der Waals surface area contributed by atoms with Crippen molar-refractivity contribution in [1.82, 2.24) is 9.78 Å². The molecular weight excluding hydrogens is 402 g/mol. The van der Waals surface area contributed by atoms with Gasteiger partial charge in [-0.3, -0.25) is 9.48 Å². The summed E-state index contributed by atoms with van der Waals surface area (Å²) >= 11 is 6.55. The summed E-state index contributed by atoms with van der Waals surface area (Å²) in [6.07, 6.45) is 1.47. The van der Waals surface area contributed by atoms with Gasteiger partial charge >= 0.3 is 5.97 Å². The second-order valence-corrected chi connectivity index (χ2v) is 8.29. The second-order valence-electron chi connectivity index (χ2n) is 7.91. The lowest BCUT2D eigenvalue weighted by Crippen LogP contribution is -2.12. The molecule has 0 saturated carbocycles. The monoisotopic (exact) mass is 431 g/mol. The fraction of sp³-hybridized carbons (Fsp3) is 0.435. The van der Waals surface area contributed by atoms with Crippen molar-refractivity contribution >= 4 is 35.1 Å². The number of halogens is 1. The van der Waals surface area contributed by atoms with E-state index < -0.39 is 0 Å². The highest BCUT2D eigenvalue weighted by atomic mass is 35.5. The minimum atomic E-state index is -0.369. The molecule has 1 aromatic carbocycles. The van der Waals surface area contributed by atoms with Crippen LogP contribution in [0.15, 0.2) is 24.3 Å². The van der Waals surface area contributed by atoms with Crippen LogP contribution in [0.25, 0.3) is 11.3 Å². The smallest absolute Gasteiger partial charge is 0.308 e. The van der Waals surface area contributed by atoms with Crippen molar-refractivity contribution in [3.05, 3.63) is 51.8 Å². The number of carbonyl (C=O) groups excluding carboxylic acids is 1. The average molecular weight is 432 g/mol. The molecule has 2 aromatic rings. The van der Waals surface area contributed by atoms with Crippen molar-refractivity contribution in [2.75, 3.05) is 6.79 Å². The molecule has 0 spiro atoms. The van der Waals surface area contributed by atoms with E-state index in [-0.39, 0.29) is 24.6 Å². The van der Waals surface area contributed by atoms with E-state index in [1.165, 1.54) is 11.8 Å². The summed E-state index contributed by atoms with van der Waals surface area (Å²) in [4.78, 5) is 11.6. The third-order valence-electron chi connectivity index (χ3n) is 4.73. The van der Waals surface area contributed by atoms with Crippen LogP contribution in [0, 0.1) is 12.3 Å². The maximum Gasteiger partial charge on any atom is 0.308 e. The van der Waals surface area contributed by atoms with E-state index in [9.17, 15) is 4.79 Å². The zero-order chi connectivity index (χ0) is 22.5. The zero-order valence-corrected chi connectivity index (χ0v) is 19.3. The third kappa shape index (κ3) is 5.30. The lowest BCUT2D eigenvalue weighted by atomic mass is 9.86. The van der Waals surface area contributed by atoms with E-state index in [1.54, 1.807) is 11.6 Å². The minimum absolute atomic E-state index is 0.0159. The van der Waals surface area contributed by atoms with Crippen LogP contribution in [0.3, 0.4) is 0 Å². The molecule has 1 aromatic heterocycles. The first-order valence-electron chi connectivity index (χ1n) is 10.0. The largest absolute Gasteiger partial charge is 0.454 e. The van der Waals surface area contributed by atoms with Gasteiger partial charge in [-0.25, -0.2) is 0 Å². The van der Waals surface area contributed by atoms with Crippen LogP contribution in [0.4, 0.5) is 0 Å². The van der Waals surface area contributed by atoms with Gasteiger partial charge in [0.05, 0.1) is 10.7 Å². The maximum absolute atomic E-state index is 11.6. The van der Waals surface area contributed by atoms with E-state index in [0.29, 0.717) is 34.3 Å². The number of nitrogens with zero attached hydrogens (tertiary/aromatic N) is 2. The van der Waals surface area contributed by atoms with Gasteiger partial charge in [-0.2, -0.15) is 5.10 Å². The Kier molecular flexibility index (Phi) is 7.84. The summed E-state index contributed by atoms with van der Waals surface area (Å²) in [6.45, 7) is 12.2. The first-order valence-corrected chi connectivity index (χ1v) is 10.4. The molecule has 0 bridgehead atoms. The van der Waals surface area contributed by atoms with E-state index in [4.69, 9.17) is 26.5 Å². The van der Waals surface area contributed by atoms with Gasteiger partial charge in [0.25, 0.3) is 0 Å². The molecule has 0 saturated heterocycles. The number of benzene rings is 1. The summed E-state index contributed by atoms with van der Waals surface area (Å²) in [5, 5.41) is 13.0. The Hall–Kier alpha value is -2.60. The summed E-state index contributed by atoms with van der Waals surface area (Å²) in [5.41, 5.74) is 3.74. The van der Waals surface area contributed by atoms with Gasteiger partial charge in [0.1, 0.15) is 5.69 Å². The van der Waals surface area contributed by atoms with Gasteiger partial charge in [-0.15, -0.1) is 0 Å². The van der Waals surface area contributed by atoms with Crippen molar-refractivity contribution in [1.29, 1.82) is 5.41 Å². The van der Waals surface area contributed by atoms with Crippen LogP contribution < -0.4 is 0 Å². The Morgan fingerprint density at radius 3 is 2.33 bits per heavy atom. The van der Waals surface area contributed by atoms with E-state index >= 15 is 0 Å². The van der Waals surface area contributed by atoms with Gasteiger partial charge in [0.15, 0.2) is 5.76 Å². The molecule has 30 heavy (non-hydrogen) atoms. The molecular formula is C23H30ClN3O3. The normalized spacial score (nSPS) is 12.4. The summed E-state index contributed by atoms with van der Waals surface area (Å²) in [6, 6.07) is 7.99. The van der Waals surface area contributed by atoms with E-state index in [1.807, 2.05) is 38.1 Å². The predicted molar refractivity (Wildman–Crippen MR) is 121 cm³/mol. The standard InChI is InChI=1S/C23H30ClN3O3/c1-7-19(28)29-14-30-22(21-20(24)15(3)26-27(21)8-2)18(13-25)16-9-11-17(12-10-16)23(4,5)6/h9-13,25H,7-8,14H2,1-6H3/b22-18-,25-13?. The number of hydrogen-bond acceptors (Lipinski definition) is 5. The molecule has 0 aliphatic rings. The van der Waals surface area contributed by atoms with Gasteiger partial charge in [-0.1, -0.05) is 63.6 Å². The van der Waals surface area contributed by atoms with Crippen LogP contribution in [-0.4, -0.2) is 28.8 Å². The number of carbonyl (C=O) groups is 1. The third-order valence-corrected chi connectivity index (χ3v) is 5.18. The fourth-order valence-electron chi connectivity index (χ4n) is 2.96. The van der Waals surface area contributed by atoms with Crippen molar-refractivity contribution in [2.45, 2.75) is 59.9 Å². The number of esters is 1. The summed E-state index contributed by atoms with van der Waals surface area (Å²) < 4.78 is 12.7. The summed E-state index contributed by atoms with van der Waals surface area (Å²) in [7, 11) is 0. The highest BCUT2D eigenvalue weighted by molar-refractivity contribution is 6.33. The fourth-order valence-corrected chi connectivity index (χ4v) is 3.19. The quantitative estimate of drug-likeness (QED) is 0.255. The predicted octanol–water partition coefficient (Wildman–Crippen LogP) is 5.61. The molecule has 2 rings (SSSR count). The van der Waals surface area contributed by atoms with E-state index in [0.717, 1.165) is 5.56 Å². The Morgan fingerprint density at radius 2 is 1.83 bits per heavy atom. The molecule has 1 heterocycles. The van der Waals surface area contributed by atoms with Crippen LogP contribution >= 0.6 is 11.6 Å². The molecule has 0 amide bonds. The number of aryl methyl sites for hydroxylation is 2. The number of allylic oxidation sites excluding steroid dienone is 1. The number of hydrogen-bond donors (Lipinski definition) is 1. The number of rotatable bonds is 8. The SMILES string of the molecule is CCC(=O)OCO/C(=C(/C=N)c1ccc(C(C)(C)C)cc1)c1c(Cl)c(C)nn1CC. The Bertz CT molecular complexity index is 938. The first kappa shape index (κ1) is 23.7. The van der Waals surface area contributed by atoms with Gasteiger partial charge in [0.2, 0.25) is 6.79 Å². The minimum Gasteiger partial charge on any atom is -0.454 e. The van der Waals surface area contributed by atoms with Gasteiger partial charge in [-0.05, 0) is 30.4 Å². The second kappa shape index (κ2) is 9.94. The molecule has 6 nitrogen and oxygen atoms in total. The van der Waals surface area contributed by atoms with Crippen LogP contribution in [0.2, 0.25) is 5.02 Å². The molecule has 0 atom stereocenters. The Balaban J connectivity index is 2.61. The van der Waals surface area contributed by atoms with Crippen LogP contribution in [0.5, 0.6) is 0 Å². The molecule has 162 valence electrons. The maximum atomic E-state index is 11.6. The number of aromatic nitrogens is 2. The van der Waals surface area contributed by atoms with Gasteiger partial charge < -0.3 is 14.9 Å². The van der Waals surface area contributed by atoms with Crippen LogP contribution in [0.1, 0.15) is 63.6 Å². The molecule has 0 radical (unpaired) electrons. The van der Waals surface area contributed by atoms with Crippen molar-refractivity contribution in [3.8, 4) is 0 Å². The number of ether oxygens (including phenoxy) is 2. The van der Waals surface area contributed by atoms with Crippen molar-refractivity contribution < 1.29 is 14.3 Å². The van der Waals surface area contributed by atoms with Gasteiger partial charge in [0, 0.05) is 24.8 Å². The van der Waals surface area contributed by atoms with E-state index in [2.05, 4.69) is 25.9 Å². The molecule has 0 aliphatic carbocycles. The average Bonchev–Trinajstić information content (AvgIpc) is 3.00. The zero-order valence-electron chi connectivity index (χ0n) is 18.5. The highest BCUT2D eigenvalue weighted by Crippen LogP contribution is 2.34. The van der Waals surface area contributed by atoms with Crippen molar-refractivity contribution in [3.63, 3.8) is 0 Å². The van der Waals surface area contributed by atoms with Crippen molar-refractivity contribution in [2.24, 2.45) is 0 Å². The highest BCUT2D eigenvalue weighted by Gasteiger charge is 2.23. The Morgan fingerprint density at radius 1 is 1.20 bits per heavy atom. The van der Waals surface area contributed by atoms with Crippen LogP contribution in [-0.2, 0) is 26.2 Å². The summed E-state index contributed by atoms with van der Waals surface area (Å²) in [5.74, 6) is -0.0172. The first-order chi connectivity index (χ1) is 14.1. The topological polar surface area (TPSA) is 77.2 Å². The molecule has 1 N–H and O–H groups in total. The lowest BCUT2D eigenvalue weighted by Gasteiger charge is -2.20. The molecule has 0 unspecified atom stereocenters. The molecule has 0 aliphatic heterocycles. The lowest BCUT2D eigenvalue weighted by molar-refractivity contribution is -0.151. The Labute approximate surface area is 183 Å².